The highest BCUT2D eigenvalue weighted by molar-refractivity contribution is 6.06. The Morgan fingerprint density at radius 1 is 1.52 bits per heavy atom. The first-order chi connectivity index (χ1) is 10.1. The van der Waals surface area contributed by atoms with E-state index >= 15 is 0 Å². The van der Waals surface area contributed by atoms with E-state index in [9.17, 15) is 4.79 Å². The van der Waals surface area contributed by atoms with E-state index in [2.05, 4.69) is 5.16 Å². The number of hydrogen-bond donors (Lipinski definition) is 1. The molecule has 0 aliphatic carbocycles. The summed E-state index contributed by atoms with van der Waals surface area (Å²) in [6.07, 6.45) is 0.264. The van der Waals surface area contributed by atoms with Gasteiger partial charge in [-0.25, -0.2) is 4.79 Å². The second kappa shape index (κ2) is 6.13. The van der Waals surface area contributed by atoms with E-state index in [4.69, 9.17) is 20.0 Å². The highest BCUT2D eigenvalue weighted by Gasteiger charge is 2.47. The molecule has 1 aromatic rings. The number of nitrogens with zero attached hydrogens (tertiary/aromatic N) is 1. The normalized spacial score (nSPS) is 20.7. The molecule has 0 aromatic heterocycles. The van der Waals surface area contributed by atoms with Crippen molar-refractivity contribution in [2.45, 2.75) is 25.9 Å². The van der Waals surface area contributed by atoms with Crippen LogP contribution < -0.4 is 10.5 Å². The van der Waals surface area contributed by atoms with Gasteiger partial charge in [0.25, 0.3) is 5.60 Å². The lowest BCUT2D eigenvalue weighted by Crippen LogP contribution is -2.46. The predicted molar refractivity (Wildman–Crippen MR) is 78.4 cm³/mol. The van der Waals surface area contributed by atoms with Crippen molar-refractivity contribution in [1.82, 2.24) is 0 Å². The van der Waals surface area contributed by atoms with Crippen molar-refractivity contribution in [3.63, 3.8) is 0 Å². The number of hydrogen-bond acceptors (Lipinski definition) is 6. The first-order valence-corrected chi connectivity index (χ1v) is 6.83. The van der Waals surface area contributed by atoms with Gasteiger partial charge < -0.3 is 20.0 Å². The molecule has 0 fully saturated rings. The van der Waals surface area contributed by atoms with E-state index in [1.54, 1.807) is 0 Å². The van der Waals surface area contributed by atoms with Crippen molar-refractivity contribution in [3.8, 4) is 5.75 Å². The Hall–Kier alpha value is -2.08. The molecule has 6 nitrogen and oxygen atoms in total. The molecule has 0 radical (unpaired) electrons. The molecule has 6 heteroatoms. The van der Waals surface area contributed by atoms with Crippen LogP contribution in [0.4, 0.5) is 0 Å². The highest BCUT2D eigenvalue weighted by Crippen LogP contribution is 2.31. The third-order valence-electron chi connectivity index (χ3n) is 3.42. The summed E-state index contributed by atoms with van der Waals surface area (Å²) in [6, 6.07) is 5.80. The Morgan fingerprint density at radius 2 is 2.29 bits per heavy atom. The Bertz CT molecular complexity index is 571. The number of nitrogens with two attached hydrogens (primary N) is 1. The summed E-state index contributed by atoms with van der Waals surface area (Å²) in [7, 11) is 1.30. The zero-order valence-electron chi connectivity index (χ0n) is 12.5. The fourth-order valence-electron chi connectivity index (χ4n) is 2.26. The van der Waals surface area contributed by atoms with Crippen LogP contribution in [-0.2, 0) is 14.4 Å². The quantitative estimate of drug-likeness (QED) is 0.829. The molecule has 1 aliphatic heterocycles. The van der Waals surface area contributed by atoms with Gasteiger partial charge >= 0.3 is 5.97 Å². The molecule has 1 heterocycles. The van der Waals surface area contributed by atoms with Crippen molar-refractivity contribution in [3.05, 3.63) is 29.3 Å². The van der Waals surface area contributed by atoms with Crippen LogP contribution in [-0.4, -0.2) is 37.5 Å². The molecule has 1 atom stereocenters. The maximum absolute atomic E-state index is 11.9. The molecule has 1 unspecified atom stereocenters. The third kappa shape index (κ3) is 2.85. The number of carbonyl (C=O) groups excluding carboxylic acids is 1. The minimum atomic E-state index is -1.24. The van der Waals surface area contributed by atoms with Crippen molar-refractivity contribution in [1.29, 1.82) is 0 Å². The summed E-state index contributed by atoms with van der Waals surface area (Å²) >= 11 is 0. The lowest BCUT2D eigenvalue weighted by atomic mass is 9.93. The van der Waals surface area contributed by atoms with Crippen LogP contribution in [0.1, 0.15) is 24.5 Å². The van der Waals surface area contributed by atoms with Crippen LogP contribution >= 0.6 is 0 Å². The molecule has 2 rings (SSSR count). The van der Waals surface area contributed by atoms with Crippen LogP contribution in [0.25, 0.3) is 0 Å². The Morgan fingerprint density at radius 3 is 2.90 bits per heavy atom. The lowest BCUT2D eigenvalue weighted by Gasteiger charge is -2.21. The number of benzene rings is 1. The summed E-state index contributed by atoms with van der Waals surface area (Å²) in [6.45, 7) is 4.44. The molecule has 0 saturated heterocycles. The summed E-state index contributed by atoms with van der Waals surface area (Å²) < 4.78 is 10.4. The lowest BCUT2D eigenvalue weighted by molar-refractivity contribution is -0.165. The highest BCUT2D eigenvalue weighted by atomic mass is 16.7. The van der Waals surface area contributed by atoms with E-state index in [-0.39, 0.29) is 13.0 Å². The van der Waals surface area contributed by atoms with E-state index in [1.807, 2.05) is 32.0 Å². The summed E-state index contributed by atoms with van der Waals surface area (Å²) in [5.41, 5.74) is 6.96. The number of carbonyl (C=O) groups is 1. The van der Waals surface area contributed by atoms with Crippen LogP contribution in [0.2, 0.25) is 0 Å². The molecule has 2 N–H and O–H groups in total. The second-order valence-electron chi connectivity index (χ2n) is 4.93. The van der Waals surface area contributed by atoms with Crippen molar-refractivity contribution in [2.24, 2.45) is 10.9 Å². The molecule has 0 amide bonds. The Labute approximate surface area is 123 Å². The largest absolute Gasteiger partial charge is 0.493 e. The van der Waals surface area contributed by atoms with Crippen molar-refractivity contribution in [2.75, 3.05) is 20.3 Å². The predicted octanol–water partition coefficient (Wildman–Crippen LogP) is 1.39. The first kappa shape index (κ1) is 15.3. The van der Waals surface area contributed by atoms with E-state index < -0.39 is 11.6 Å². The monoisotopic (exact) mass is 292 g/mol. The van der Waals surface area contributed by atoms with Gasteiger partial charge in [0.1, 0.15) is 5.75 Å². The topological polar surface area (TPSA) is 83.1 Å². The molecule has 1 aromatic carbocycles. The van der Waals surface area contributed by atoms with Gasteiger partial charge in [-0.1, -0.05) is 16.8 Å². The van der Waals surface area contributed by atoms with Gasteiger partial charge in [0.05, 0.1) is 19.4 Å². The molecular formula is C15H20N2O4. The zero-order chi connectivity index (χ0) is 15.5. The van der Waals surface area contributed by atoms with Crippen LogP contribution in [0, 0.1) is 6.92 Å². The summed E-state index contributed by atoms with van der Waals surface area (Å²) in [4.78, 5) is 17.2. The van der Waals surface area contributed by atoms with Gasteiger partial charge in [0, 0.05) is 18.5 Å². The fourth-order valence-corrected chi connectivity index (χ4v) is 2.26. The number of esters is 1. The molecule has 0 saturated carbocycles. The summed E-state index contributed by atoms with van der Waals surface area (Å²) in [5, 5.41) is 4.04. The number of oxime groups is 1. The van der Waals surface area contributed by atoms with Gasteiger partial charge in [-0.3, -0.25) is 0 Å². The molecule has 114 valence electrons. The van der Waals surface area contributed by atoms with Gasteiger partial charge in [-0.15, -0.1) is 0 Å². The van der Waals surface area contributed by atoms with Crippen molar-refractivity contribution >= 4 is 11.7 Å². The van der Waals surface area contributed by atoms with E-state index in [0.29, 0.717) is 18.1 Å². The number of aryl methyl sites for hydroxylation is 1. The standard InChI is InChI=1S/C15H20N2O4/c1-4-20-13-6-5-10(2)7-11(13)12-8-15(9-16,21-17-12)14(18)19-3/h5-7H,4,8-9,16H2,1-3H3. The molecule has 0 spiro atoms. The van der Waals surface area contributed by atoms with Crippen LogP contribution in [0.3, 0.4) is 0 Å². The number of rotatable bonds is 5. The number of ether oxygens (including phenoxy) is 2. The van der Waals surface area contributed by atoms with E-state index in [1.165, 1.54) is 7.11 Å². The Kier molecular flexibility index (Phi) is 4.47. The average molecular weight is 292 g/mol. The second-order valence-corrected chi connectivity index (χ2v) is 4.93. The first-order valence-electron chi connectivity index (χ1n) is 6.83. The van der Waals surface area contributed by atoms with Gasteiger partial charge in [-0.05, 0) is 26.0 Å². The minimum Gasteiger partial charge on any atom is -0.493 e. The van der Waals surface area contributed by atoms with Gasteiger partial charge in [0.15, 0.2) is 0 Å². The van der Waals surface area contributed by atoms with Gasteiger partial charge in [-0.2, -0.15) is 0 Å². The van der Waals surface area contributed by atoms with Crippen LogP contribution in [0.5, 0.6) is 5.75 Å². The van der Waals surface area contributed by atoms with Crippen molar-refractivity contribution < 1.29 is 19.1 Å². The fraction of sp³-hybridized carbons (Fsp3) is 0.467. The molecule has 21 heavy (non-hydrogen) atoms. The average Bonchev–Trinajstić information content (AvgIpc) is 2.94. The Balaban J connectivity index is 2.32. The smallest absolute Gasteiger partial charge is 0.354 e. The summed E-state index contributed by atoms with van der Waals surface area (Å²) in [5.74, 6) is 0.192. The molecule has 0 bridgehead atoms. The molecule has 1 aliphatic rings. The zero-order valence-corrected chi connectivity index (χ0v) is 12.5. The third-order valence-corrected chi connectivity index (χ3v) is 3.42. The number of methoxy groups -OCH3 is 1. The molecular weight excluding hydrogens is 272 g/mol. The van der Waals surface area contributed by atoms with Crippen LogP contribution in [0.15, 0.2) is 23.4 Å². The maximum atomic E-state index is 11.9. The SMILES string of the molecule is CCOc1ccc(C)cc1C1=NOC(CN)(C(=O)OC)C1. The van der Waals surface area contributed by atoms with E-state index in [0.717, 1.165) is 11.1 Å². The maximum Gasteiger partial charge on any atom is 0.354 e. The van der Waals surface area contributed by atoms with Gasteiger partial charge in [0.2, 0.25) is 0 Å². The minimum absolute atomic E-state index is 0.00244.